The monoisotopic (exact) mass is 650 g/mol. The van der Waals surface area contributed by atoms with Crippen LogP contribution in [0.3, 0.4) is 0 Å². The molecule has 6 rings (SSSR count). The van der Waals surface area contributed by atoms with Gasteiger partial charge in [0.1, 0.15) is 12.1 Å². The zero-order valence-corrected chi connectivity index (χ0v) is 29.9. The molecule has 2 atom stereocenters. The van der Waals surface area contributed by atoms with E-state index in [1.165, 1.54) is 62.0 Å². The molecule has 2 aliphatic rings. The molecule has 240 valence electrons. The Morgan fingerprint density at radius 2 is 1.28 bits per heavy atom. The van der Waals surface area contributed by atoms with Crippen molar-refractivity contribution in [1.29, 1.82) is 10.5 Å². The minimum absolute atomic E-state index is 0.704. The van der Waals surface area contributed by atoms with E-state index in [0.717, 1.165) is 88.4 Å². The molecule has 6 nitrogen and oxygen atoms in total. The van der Waals surface area contributed by atoms with E-state index < -0.39 is 0 Å². The molecule has 0 radical (unpaired) electrons. The Balaban J connectivity index is 0.000000181. The number of pyridine rings is 2. The fraction of sp³-hybridized carbons (Fsp3) is 0.474. The summed E-state index contributed by atoms with van der Waals surface area (Å²) in [6.07, 6.45) is 13.9. The Morgan fingerprint density at radius 3 is 1.83 bits per heavy atom. The molecule has 0 amide bonds. The van der Waals surface area contributed by atoms with Crippen molar-refractivity contribution in [3.05, 3.63) is 71.0 Å². The fourth-order valence-electron chi connectivity index (χ4n) is 7.08. The normalized spacial score (nSPS) is 16.3. The van der Waals surface area contributed by atoms with Gasteiger partial charge in [-0.25, -0.2) is 0 Å². The highest BCUT2D eigenvalue weighted by molar-refractivity contribution is 7.37. The number of rotatable bonds is 8. The molecule has 2 fully saturated rings. The molecule has 2 aromatic heterocycles. The van der Waals surface area contributed by atoms with E-state index in [2.05, 4.69) is 95.5 Å². The zero-order chi connectivity index (χ0) is 32.5. The lowest BCUT2D eigenvalue weighted by Crippen LogP contribution is -2.34. The molecule has 0 saturated carbocycles. The minimum Gasteiger partial charge on any atom is -0.370 e. The smallest absolute Gasteiger partial charge is 0.103 e. The number of piperidine rings is 2. The van der Waals surface area contributed by atoms with Crippen molar-refractivity contribution in [3.63, 3.8) is 0 Å². The molecule has 4 aromatic rings. The number of anilines is 2. The van der Waals surface area contributed by atoms with Crippen LogP contribution in [0.1, 0.15) is 60.8 Å². The summed E-state index contributed by atoms with van der Waals surface area (Å²) in [5.74, 6) is 1.72. The number of hydrogen-bond acceptors (Lipinski definition) is 6. The number of aryl methyl sites for hydroxylation is 2. The lowest BCUT2D eigenvalue weighted by Gasteiger charge is -2.34. The predicted molar refractivity (Wildman–Crippen MR) is 200 cm³/mol. The van der Waals surface area contributed by atoms with Gasteiger partial charge in [-0.3, -0.25) is 9.97 Å². The second kappa shape index (κ2) is 16.5. The Labute approximate surface area is 279 Å². The van der Waals surface area contributed by atoms with Gasteiger partial charge in [0, 0.05) is 49.3 Å². The average Bonchev–Trinajstić information content (AvgIpc) is 3.09. The van der Waals surface area contributed by atoms with Gasteiger partial charge in [0.2, 0.25) is 0 Å². The average molecular weight is 651 g/mol. The SMILES string of the molecule is CPCCC1CCN(c2c(C#N)cnc3c(C)cccc23)CC1.CPCCC1CCN(c2c(C#N)cnc3cc(C)ccc23)CC1. The van der Waals surface area contributed by atoms with Gasteiger partial charge >= 0.3 is 0 Å². The Kier molecular flexibility index (Phi) is 12.2. The first-order valence-electron chi connectivity index (χ1n) is 16.8. The van der Waals surface area contributed by atoms with Crippen molar-refractivity contribution in [2.24, 2.45) is 11.8 Å². The third-order valence-electron chi connectivity index (χ3n) is 9.77. The molecule has 0 N–H and O–H groups in total. The number of para-hydroxylation sites is 1. The molecule has 0 aliphatic carbocycles. The third-order valence-corrected chi connectivity index (χ3v) is 11.4. The Hall–Kier alpha value is -3.30. The lowest BCUT2D eigenvalue weighted by molar-refractivity contribution is 0.397. The second-order valence-electron chi connectivity index (χ2n) is 12.9. The number of hydrogen-bond donors (Lipinski definition) is 0. The Bertz CT molecular complexity index is 1710. The number of nitriles is 2. The zero-order valence-electron chi connectivity index (χ0n) is 27.9. The minimum atomic E-state index is 0.704. The lowest BCUT2D eigenvalue weighted by atomic mass is 9.93. The summed E-state index contributed by atoms with van der Waals surface area (Å²) in [7, 11) is 2.13. The van der Waals surface area contributed by atoms with Crippen LogP contribution in [-0.4, -0.2) is 61.8 Å². The van der Waals surface area contributed by atoms with Crippen molar-refractivity contribution in [3.8, 4) is 12.1 Å². The van der Waals surface area contributed by atoms with Crippen LogP contribution in [0.15, 0.2) is 48.8 Å². The van der Waals surface area contributed by atoms with Crippen LogP contribution in [0.4, 0.5) is 11.4 Å². The van der Waals surface area contributed by atoms with E-state index in [-0.39, 0.29) is 0 Å². The summed E-state index contributed by atoms with van der Waals surface area (Å²) < 4.78 is 0. The van der Waals surface area contributed by atoms with Crippen molar-refractivity contribution in [2.75, 3.05) is 61.6 Å². The van der Waals surface area contributed by atoms with Crippen molar-refractivity contribution in [1.82, 2.24) is 9.97 Å². The van der Waals surface area contributed by atoms with Crippen molar-refractivity contribution in [2.45, 2.75) is 52.4 Å². The first-order valence-corrected chi connectivity index (χ1v) is 20.3. The molecule has 2 saturated heterocycles. The molecule has 2 aromatic carbocycles. The van der Waals surface area contributed by atoms with Gasteiger partial charge in [0.25, 0.3) is 0 Å². The molecule has 0 bridgehead atoms. The fourth-order valence-corrected chi connectivity index (χ4v) is 8.47. The van der Waals surface area contributed by atoms with Crippen LogP contribution >= 0.6 is 17.2 Å². The number of fused-ring (bicyclic) bond motifs is 2. The number of benzene rings is 2. The van der Waals surface area contributed by atoms with Crippen molar-refractivity contribution < 1.29 is 0 Å². The van der Waals surface area contributed by atoms with Crippen LogP contribution in [0.5, 0.6) is 0 Å². The largest absolute Gasteiger partial charge is 0.370 e. The number of nitrogens with zero attached hydrogens (tertiary/aromatic N) is 6. The first kappa shape index (κ1) is 34.0. The van der Waals surface area contributed by atoms with E-state index >= 15 is 0 Å². The van der Waals surface area contributed by atoms with Gasteiger partial charge in [-0.2, -0.15) is 10.5 Å². The standard InChI is InChI=1S/2C19H24N3P/c1-14-3-4-17-18(11-14)21-13-16(12-20)19(17)22-8-5-15(6-9-22)7-10-23-2;1-14-4-3-5-17-18(14)21-13-16(12-20)19(17)22-9-6-15(7-10-22)8-11-23-2/h3-4,11,13,15,23H,5-10H2,1-2H3;3-5,13,15,23H,6-11H2,1-2H3. The van der Waals surface area contributed by atoms with E-state index in [0.29, 0.717) is 11.1 Å². The van der Waals surface area contributed by atoms with Crippen LogP contribution in [-0.2, 0) is 0 Å². The Morgan fingerprint density at radius 1 is 0.739 bits per heavy atom. The second-order valence-corrected chi connectivity index (χ2v) is 15.3. The van der Waals surface area contributed by atoms with Gasteiger partial charge in [-0.05, 0) is 107 Å². The van der Waals surface area contributed by atoms with Gasteiger partial charge in [0.15, 0.2) is 0 Å². The topological polar surface area (TPSA) is 79.8 Å². The summed E-state index contributed by atoms with van der Waals surface area (Å²) >= 11 is 0. The summed E-state index contributed by atoms with van der Waals surface area (Å²) in [4.78, 5) is 13.8. The maximum atomic E-state index is 9.53. The molecule has 0 spiro atoms. The van der Waals surface area contributed by atoms with Crippen LogP contribution in [0, 0.1) is 48.3 Å². The van der Waals surface area contributed by atoms with Crippen molar-refractivity contribution >= 4 is 50.3 Å². The quantitative estimate of drug-likeness (QED) is 0.178. The summed E-state index contributed by atoms with van der Waals surface area (Å²) in [5.41, 5.74) is 7.99. The summed E-state index contributed by atoms with van der Waals surface area (Å²) in [6.45, 7) is 13.0. The van der Waals surface area contributed by atoms with E-state index in [1.54, 1.807) is 12.4 Å². The van der Waals surface area contributed by atoms with Crippen LogP contribution in [0.25, 0.3) is 21.8 Å². The van der Waals surface area contributed by atoms with Gasteiger partial charge in [-0.1, -0.05) is 30.3 Å². The first-order chi connectivity index (χ1) is 22.5. The highest BCUT2D eigenvalue weighted by Gasteiger charge is 2.24. The van der Waals surface area contributed by atoms with Gasteiger partial charge in [0.05, 0.1) is 33.5 Å². The van der Waals surface area contributed by atoms with Gasteiger partial charge < -0.3 is 9.80 Å². The third kappa shape index (κ3) is 7.97. The molecule has 2 unspecified atom stereocenters. The van der Waals surface area contributed by atoms with Crippen LogP contribution in [0.2, 0.25) is 0 Å². The van der Waals surface area contributed by atoms with E-state index in [9.17, 15) is 10.5 Å². The molecule has 2 aliphatic heterocycles. The molecular weight excluding hydrogens is 602 g/mol. The maximum absolute atomic E-state index is 9.53. The molecular formula is C38H48N6P2. The molecule has 46 heavy (non-hydrogen) atoms. The predicted octanol–water partition coefficient (Wildman–Crippen LogP) is 8.66. The molecule has 8 heteroatoms. The van der Waals surface area contributed by atoms with Gasteiger partial charge in [-0.15, -0.1) is 17.2 Å². The number of aromatic nitrogens is 2. The van der Waals surface area contributed by atoms with E-state index in [1.807, 2.05) is 0 Å². The van der Waals surface area contributed by atoms with E-state index in [4.69, 9.17) is 0 Å². The molecule has 4 heterocycles. The summed E-state index contributed by atoms with van der Waals surface area (Å²) in [6, 6.07) is 17.3. The highest BCUT2D eigenvalue weighted by atomic mass is 31.1. The summed E-state index contributed by atoms with van der Waals surface area (Å²) in [5, 5.41) is 21.3. The maximum Gasteiger partial charge on any atom is 0.103 e. The highest BCUT2D eigenvalue weighted by Crippen LogP contribution is 2.35. The van der Waals surface area contributed by atoms with Crippen LogP contribution < -0.4 is 9.80 Å².